The van der Waals surface area contributed by atoms with Gasteiger partial charge in [0.15, 0.2) is 0 Å². The molecule has 0 aliphatic carbocycles. The Bertz CT molecular complexity index is 478. The summed E-state index contributed by atoms with van der Waals surface area (Å²) in [7, 11) is 0. The zero-order valence-electron chi connectivity index (χ0n) is 12.5. The molecule has 1 saturated heterocycles. The van der Waals surface area contributed by atoms with E-state index in [1.165, 1.54) is 6.42 Å². The minimum absolute atomic E-state index is 0.160. The lowest BCUT2D eigenvalue weighted by Crippen LogP contribution is -2.42. The number of halogens is 1. The first-order chi connectivity index (χ1) is 9.47. The summed E-state index contributed by atoms with van der Waals surface area (Å²) in [6, 6.07) is 3.99. The van der Waals surface area contributed by atoms with Crippen LogP contribution in [0.25, 0.3) is 0 Å². The van der Waals surface area contributed by atoms with E-state index in [4.69, 9.17) is 11.6 Å². The lowest BCUT2D eigenvalue weighted by atomic mass is 10.0. The Morgan fingerprint density at radius 3 is 2.85 bits per heavy atom. The van der Waals surface area contributed by atoms with E-state index in [2.05, 4.69) is 18.3 Å². The summed E-state index contributed by atoms with van der Waals surface area (Å²) in [5, 5.41) is 3.88. The molecular weight excluding hydrogens is 272 g/mol. The Hall–Kier alpha value is -1.22. The fraction of sp³-hybridized carbons (Fsp3) is 0.562. The predicted octanol–water partition coefficient (Wildman–Crippen LogP) is 3.63. The Morgan fingerprint density at radius 1 is 1.45 bits per heavy atom. The fourth-order valence-electron chi connectivity index (χ4n) is 2.83. The van der Waals surface area contributed by atoms with Gasteiger partial charge in [0.2, 0.25) is 5.91 Å². The van der Waals surface area contributed by atoms with Crippen LogP contribution in [0.4, 0.5) is 5.69 Å². The number of carbonyl (C=O) groups excluding carboxylic acids is 1. The van der Waals surface area contributed by atoms with Gasteiger partial charge in [-0.25, -0.2) is 0 Å². The zero-order valence-corrected chi connectivity index (χ0v) is 13.3. The molecule has 1 amide bonds. The fourth-order valence-corrected chi connectivity index (χ4v) is 3.22. The molecule has 1 heterocycles. The van der Waals surface area contributed by atoms with Crippen LogP contribution in [0.15, 0.2) is 12.1 Å². The number of likely N-dealkylation sites (tertiary alicyclic amines) is 1. The highest BCUT2D eigenvalue weighted by Crippen LogP contribution is 2.27. The Morgan fingerprint density at radius 2 is 2.20 bits per heavy atom. The van der Waals surface area contributed by atoms with Gasteiger partial charge in [0.1, 0.15) is 0 Å². The quantitative estimate of drug-likeness (QED) is 0.923. The van der Waals surface area contributed by atoms with Crippen molar-refractivity contribution in [2.45, 2.75) is 33.6 Å². The molecule has 1 N–H and O–H groups in total. The van der Waals surface area contributed by atoms with Crippen molar-refractivity contribution < 1.29 is 4.79 Å². The van der Waals surface area contributed by atoms with Crippen molar-refractivity contribution in [3.8, 4) is 0 Å². The first-order valence-corrected chi connectivity index (χ1v) is 7.63. The van der Waals surface area contributed by atoms with Crippen molar-refractivity contribution >= 4 is 23.2 Å². The summed E-state index contributed by atoms with van der Waals surface area (Å²) < 4.78 is 0. The molecular formula is C16H23ClN2O. The van der Waals surface area contributed by atoms with Crippen LogP contribution in [0.5, 0.6) is 0 Å². The van der Waals surface area contributed by atoms with Gasteiger partial charge >= 0.3 is 0 Å². The van der Waals surface area contributed by atoms with Gasteiger partial charge in [-0.1, -0.05) is 24.6 Å². The van der Waals surface area contributed by atoms with Crippen LogP contribution in [0.2, 0.25) is 5.02 Å². The third kappa shape index (κ3) is 3.66. The number of piperidine rings is 1. The van der Waals surface area contributed by atoms with Crippen molar-refractivity contribution in [2.75, 3.05) is 25.0 Å². The summed E-state index contributed by atoms with van der Waals surface area (Å²) in [5.41, 5.74) is 3.08. The van der Waals surface area contributed by atoms with E-state index in [0.717, 1.165) is 36.3 Å². The number of hydrogen-bond donors (Lipinski definition) is 1. The number of carbonyl (C=O) groups is 1. The van der Waals surface area contributed by atoms with Gasteiger partial charge < -0.3 is 10.2 Å². The van der Waals surface area contributed by atoms with Gasteiger partial charge in [0.25, 0.3) is 0 Å². The molecule has 1 aromatic carbocycles. The first kappa shape index (κ1) is 15.2. The van der Waals surface area contributed by atoms with E-state index >= 15 is 0 Å². The second-order valence-electron chi connectivity index (χ2n) is 5.88. The van der Waals surface area contributed by atoms with Gasteiger partial charge in [0, 0.05) is 13.1 Å². The van der Waals surface area contributed by atoms with Crippen LogP contribution in [0.3, 0.4) is 0 Å². The molecule has 2 rings (SSSR count). The average molecular weight is 295 g/mol. The van der Waals surface area contributed by atoms with E-state index in [0.29, 0.717) is 17.5 Å². The smallest absolute Gasteiger partial charge is 0.241 e. The van der Waals surface area contributed by atoms with Crippen molar-refractivity contribution in [1.29, 1.82) is 0 Å². The van der Waals surface area contributed by atoms with Crippen LogP contribution in [0, 0.1) is 19.8 Å². The highest BCUT2D eigenvalue weighted by molar-refractivity contribution is 6.33. The van der Waals surface area contributed by atoms with E-state index in [1.54, 1.807) is 0 Å². The molecule has 110 valence electrons. The molecule has 1 unspecified atom stereocenters. The number of rotatable bonds is 3. The zero-order chi connectivity index (χ0) is 14.7. The first-order valence-electron chi connectivity index (χ1n) is 7.25. The highest BCUT2D eigenvalue weighted by Gasteiger charge is 2.20. The normalized spacial score (nSPS) is 19.0. The lowest BCUT2D eigenvalue weighted by molar-refractivity contribution is -0.130. The maximum absolute atomic E-state index is 12.2. The number of hydrogen-bond acceptors (Lipinski definition) is 2. The molecule has 0 radical (unpaired) electrons. The summed E-state index contributed by atoms with van der Waals surface area (Å²) in [6.07, 6.45) is 2.33. The number of amides is 1. The van der Waals surface area contributed by atoms with Gasteiger partial charge in [0.05, 0.1) is 17.3 Å². The maximum atomic E-state index is 12.2. The van der Waals surface area contributed by atoms with Crippen LogP contribution in [-0.4, -0.2) is 30.4 Å². The monoisotopic (exact) mass is 294 g/mol. The summed E-state index contributed by atoms with van der Waals surface area (Å²) in [6.45, 7) is 8.30. The summed E-state index contributed by atoms with van der Waals surface area (Å²) in [4.78, 5) is 14.2. The molecule has 1 aromatic rings. The van der Waals surface area contributed by atoms with E-state index in [9.17, 15) is 4.79 Å². The Balaban J connectivity index is 1.96. The number of nitrogens with one attached hydrogen (secondary N) is 1. The molecule has 0 saturated carbocycles. The van der Waals surface area contributed by atoms with Crippen LogP contribution in [-0.2, 0) is 4.79 Å². The van der Waals surface area contributed by atoms with Crippen LogP contribution in [0.1, 0.15) is 30.9 Å². The molecule has 1 atom stereocenters. The van der Waals surface area contributed by atoms with Crippen molar-refractivity contribution in [3.63, 3.8) is 0 Å². The third-order valence-corrected chi connectivity index (χ3v) is 4.16. The lowest BCUT2D eigenvalue weighted by Gasteiger charge is -2.31. The van der Waals surface area contributed by atoms with Crippen molar-refractivity contribution in [2.24, 2.45) is 5.92 Å². The van der Waals surface area contributed by atoms with Crippen molar-refractivity contribution in [1.82, 2.24) is 4.90 Å². The Labute approximate surface area is 126 Å². The second-order valence-corrected chi connectivity index (χ2v) is 6.29. The van der Waals surface area contributed by atoms with Crippen LogP contribution < -0.4 is 5.32 Å². The van der Waals surface area contributed by atoms with Crippen LogP contribution >= 0.6 is 11.6 Å². The summed E-state index contributed by atoms with van der Waals surface area (Å²) in [5.74, 6) is 0.769. The van der Waals surface area contributed by atoms with Gasteiger partial charge in [-0.3, -0.25) is 4.79 Å². The SMILES string of the molecule is Cc1cc(C)c(NCC(=O)N2CCCC(C)C2)c(Cl)c1. The molecule has 4 heteroatoms. The van der Waals surface area contributed by atoms with Gasteiger partial charge in [-0.05, 0) is 49.8 Å². The second kappa shape index (κ2) is 6.49. The maximum Gasteiger partial charge on any atom is 0.241 e. The summed E-state index contributed by atoms with van der Waals surface area (Å²) >= 11 is 6.24. The Kier molecular flexibility index (Phi) is 4.92. The number of nitrogens with zero attached hydrogens (tertiary/aromatic N) is 1. The molecule has 0 bridgehead atoms. The standard InChI is InChI=1S/C16H23ClN2O/c1-11-5-4-6-19(10-11)15(20)9-18-16-13(3)7-12(2)8-14(16)17/h7-8,11,18H,4-6,9-10H2,1-3H3. The minimum Gasteiger partial charge on any atom is -0.375 e. The van der Waals surface area contributed by atoms with Crippen molar-refractivity contribution in [3.05, 3.63) is 28.3 Å². The molecule has 1 aliphatic heterocycles. The minimum atomic E-state index is 0.160. The topological polar surface area (TPSA) is 32.3 Å². The number of benzene rings is 1. The average Bonchev–Trinajstić information content (AvgIpc) is 2.37. The molecule has 0 aromatic heterocycles. The third-order valence-electron chi connectivity index (χ3n) is 3.86. The molecule has 3 nitrogen and oxygen atoms in total. The highest BCUT2D eigenvalue weighted by atomic mass is 35.5. The molecule has 1 fully saturated rings. The van der Waals surface area contributed by atoms with Gasteiger partial charge in [-0.2, -0.15) is 0 Å². The molecule has 0 spiro atoms. The number of anilines is 1. The predicted molar refractivity (Wildman–Crippen MR) is 84.4 cm³/mol. The largest absolute Gasteiger partial charge is 0.375 e. The van der Waals surface area contributed by atoms with E-state index < -0.39 is 0 Å². The van der Waals surface area contributed by atoms with E-state index in [-0.39, 0.29) is 5.91 Å². The van der Waals surface area contributed by atoms with Gasteiger partial charge in [-0.15, -0.1) is 0 Å². The molecule has 1 aliphatic rings. The molecule has 20 heavy (non-hydrogen) atoms. The number of aryl methyl sites for hydroxylation is 2. The van der Waals surface area contributed by atoms with E-state index in [1.807, 2.05) is 24.8 Å².